The van der Waals surface area contributed by atoms with E-state index in [0.717, 1.165) is 37.2 Å². The molecular weight excluding hydrogens is 376 g/mol. The first kappa shape index (κ1) is 22.3. The first-order valence-electron chi connectivity index (χ1n) is 11.0. The van der Waals surface area contributed by atoms with Crippen LogP contribution in [-0.2, 0) is 18.3 Å². The van der Waals surface area contributed by atoms with Crippen LogP contribution < -0.4 is 10.6 Å². The van der Waals surface area contributed by atoms with Gasteiger partial charge in [0.05, 0.1) is 6.04 Å². The molecule has 1 unspecified atom stereocenters. The maximum atomic E-state index is 5.39. The van der Waals surface area contributed by atoms with Crippen LogP contribution >= 0.6 is 0 Å². The molecule has 164 valence electrons. The zero-order chi connectivity index (χ0) is 21.4. The van der Waals surface area contributed by atoms with E-state index in [0.29, 0.717) is 6.54 Å². The maximum Gasteiger partial charge on any atom is 0.192 e. The summed E-state index contributed by atoms with van der Waals surface area (Å²) in [5.41, 5.74) is 1.52. The normalized spacial score (nSPS) is 17.1. The number of nitrogens with zero attached hydrogens (tertiary/aromatic N) is 4. The average Bonchev–Trinajstić information content (AvgIpc) is 3.37. The van der Waals surface area contributed by atoms with E-state index in [-0.39, 0.29) is 11.5 Å². The lowest BCUT2D eigenvalue weighted by molar-refractivity contribution is 0.138. The number of aryl methyl sites for hydroxylation is 1. The highest BCUT2D eigenvalue weighted by Crippen LogP contribution is 2.40. The molecule has 0 amide bonds. The highest BCUT2D eigenvalue weighted by Gasteiger charge is 2.33. The van der Waals surface area contributed by atoms with Crippen molar-refractivity contribution in [3.63, 3.8) is 0 Å². The number of hydrogen-bond acceptors (Lipinski definition) is 4. The molecule has 7 nitrogen and oxygen atoms in total. The van der Waals surface area contributed by atoms with Gasteiger partial charge in [-0.05, 0) is 44.1 Å². The predicted molar refractivity (Wildman–Crippen MR) is 120 cm³/mol. The molecule has 3 rings (SSSR count). The van der Waals surface area contributed by atoms with Gasteiger partial charge in [-0.1, -0.05) is 43.2 Å². The Kier molecular flexibility index (Phi) is 7.85. The first-order chi connectivity index (χ1) is 14.5. The Morgan fingerprint density at radius 3 is 2.60 bits per heavy atom. The summed E-state index contributed by atoms with van der Waals surface area (Å²) >= 11 is 0. The average molecular weight is 413 g/mol. The van der Waals surface area contributed by atoms with Crippen molar-refractivity contribution in [2.24, 2.45) is 17.5 Å². The molecule has 0 bridgehead atoms. The van der Waals surface area contributed by atoms with Crippen LogP contribution in [0.4, 0.5) is 0 Å². The fraction of sp³-hybridized carbons (Fsp3) is 0.609. The molecular formula is C23H36N6O. The van der Waals surface area contributed by atoms with Crippen LogP contribution in [0.15, 0.2) is 35.3 Å². The van der Waals surface area contributed by atoms with E-state index >= 15 is 0 Å². The van der Waals surface area contributed by atoms with Crippen molar-refractivity contribution in [1.29, 1.82) is 0 Å². The lowest BCUT2D eigenvalue weighted by Crippen LogP contribution is -2.44. The van der Waals surface area contributed by atoms with Crippen LogP contribution in [-0.4, -0.2) is 41.0 Å². The Balaban J connectivity index is 1.72. The quantitative estimate of drug-likeness (QED) is 0.487. The second-order valence-corrected chi connectivity index (χ2v) is 8.47. The Morgan fingerprint density at radius 2 is 1.97 bits per heavy atom. The molecule has 0 radical (unpaired) electrons. The number of rotatable bonds is 9. The molecule has 1 atom stereocenters. The minimum Gasteiger partial charge on any atom is -0.385 e. The van der Waals surface area contributed by atoms with Gasteiger partial charge in [-0.15, -0.1) is 10.2 Å². The third-order valence-electron chi connectivity index (χ3n) is 6.35. The smallest absolute Gasteiger partial charge is 0.192 e. The monoisotopic (exact) mass is 412 g/mol. The van der Waals surface area contributed by atoms with Gasteiger partial charge >= 0.3 is 0 Å². The standard InChI is InChI=1S/C23H36N6O/c1-18(20-10-6-5-7-11-20)26-22(24-16-21-28-27-19(2)29(21)3)25-17-23(14-15-30-4)12-8-9-13-23/h5-7,10-11,18H,8-9,12-17H2,1-4H3,(H2,24,25,26). The van der Waals surface area contributed by atoms with Crippen molar-refractivity contribution in [1.82, 2.24) is 25.4 Å². The van der Waals surface area contributed by atoms with E-state index < -0.39 is 0 Å². The van der Waals surface area contributed by atoms with Crippen molar-refractivity contribution in [3.05, 3.63) is 47.5 Å². The highest BCUT2D eigenvalue weighted by atomic mass is 16.5. The summed E-state index contributed by atoms with van der Waals surface area (Å²) in [7, 11) is 3.76. The van der Waals surface area contributed by atoms with Gasteiger partial charge in [0.2, 0.25) is 0 Å². The number of ether oxygens (including phenoxy) is 1. The van der Waals surface area contributed by atoms with Crippen molar-refractivity contribution in [2.75, 3.05) is 20.3 Å². The fourth-order valence-electron chi connectivity index (χ4n) is 4.15. The van der Waals surface area contributed by atoms with Crippen LogP contribution in [0.3, 0.4) is 0 Å². The van der Waals surface area contributed by atoms with Gasteiger partial charge in [-0.3, -0.25) is 0 Å². The summed E-state index contributed by atoms with van der Waals surface area (Å²) in [4.78, 5) is 4.85. The minimum atomic E-state index is 0.150. The van der Waals surface area contributed by atoms with Gasteiger partial charge in [-0.2, -0.15) is 0 Å². The molecule has 1 saturated carbocycles. The molecule has 1 fully saturated rings. The highest BCUT2D eigenvalue weighted by molar-refractivity contribution is 5.80. The summed E-state index contributed by atoms with van der Waals surface area (Å²) in [6.07, 6.45) is 6.16. The Labute approximate surface area is 180 Å². The first-order valence-corrected chi connectivity index (χ1v) is 11.0. The molecule has 1 aromatic heterocycles. The van der Waals surface area contributed by atoms with Crippen LogP contribution in [0.25, 0.3) is 0 Å². The third-order valence-corrected chi connectivity index (χ3v) is 6.35. The van der Waals surface area contributed by atoms with Gasteiger partial charge < -0.3 is 19.9 Å². The molecule has 1 heterocycles. The van der Waals surface area contributed by atoms with E-state index in [9.17, 15) is 0 Å². The van der Waals surface area contributed by atoms with Crippen molar-refractivity contribution in [3.8, 4) is 0 Å². The topological polar surface area (TPSA) is 76.4 Å². The Bertz CT molecular complexity index is 810. The van der Waals surface area contributed by atoms with E-state index in [1.807, 2.05) is 24.6 Å². The van der Waals surface area contributed by atoms with E-state index in [1.54, 1.807) is 7.11 Å². The second-order valence-electron chi connectivity index (χ2n) is 8.47. The van der Waals surface area contributed by atoms with Crippen LogP contribution in [0, 0.1) is 12.3 Å². The van der Waals surface area contributed by atoms with E-state index in [1.165, 1.54) is 31.2 Å². The van der Waals surface area contributed by atoms with Crippen LogP contribution in [0.2, 0.25) is 0 Å². The summed E-state index contributed by atoms with van der Waals surface area (Å²) < 4.78 is 7.37. The van der Waals surface area contributed by atoms with Gasteiger partial charge in [-0.25, -0.2) is 4.99 Å². The van der Waals surface area contributed by atoms with Gasteiger partial charge in [0.25, 0.3) is 0 Å². The summed E-state index contributed by atoms with van der Waals surface area (Å²) in [5.74, 6) is 2.57. The molecule has 30 heavy (non-hydrogen) atoms. The zero-order valence-electron chi connectivity index (χ0n) is 18.8. The largest absolute Gasteiger partial charge is 0.385 e. The fourth-order valence-corrected chi connectivity index (χ4v) is 4.15. The van der Waals surface area contributed by atoms with Crippen LogP contribution in [0.1, 0.15) is 62.3 Å². The van der Waals surface area contributed by atoms with Gasteiger partial charge in [0, 0.05) is 27.3 Å². The van der Waals surface area contributed by atoms with Crippen molar-refractivity contribution < 1.29 is 4.74 Å². The maximum absolute atomic E-state index is 5.39. The molecule has 2 aromatic rings. The number of benzene rings is 1. The third kappa shape index (κ3) is 5.81. The molecule has 0 saturated heterocycles. The number of aromatic nitrogens is 3. The summed E-state index contributed by atoms with van der Waals surface area (Å²) in [5, 5.41) is 15.6. The van der Waals surface area contributed by atoms with Gasteiger partial charge in [0.15, 0.2) is 11.8 Å². The SMILES string of the molecule is COCCC1(CNC(=NCc2nnc(C)n2C)NC(C)c2ccccc2)CCCC1. The molecule has 2 N–H and O–H groups in total. The molecule has 1 aromatic carbocycles. The number of hydrogen-bond donors (Lipinski definition) is 2. The summed E-state index contributed by atoms with van der Waals surface area (Å²) in [6, 6.07) is 10.6. The van der Waals surface area contributed by atoms with Gasteiger partial charge in [0.1, 0.15) is 12.4 Å². The minimum absolute atomic E-state index is 0.150. The lowest BCUT2D eigenvalue weighted by Gasteiger charge is -2.30. The number of methoxy groups -OCH3 is 1. The van der Waals surface area contributed by atoms with E-state index in [2.05, 4.69) is 52.0 Å². The lowest BCUT2D eigenvalue weighted by atomic mass is 9.83. The second kappa shape index (κ2) is 10.6. The molecule has 0 spiro atoms. The molecule has 0 aliphatic heterocycles. The van der Waals surface area contributed by atoms with Crippen molar-refractivity contribution in [2.45, 2.75) is 58.5 Å². The van der Waals surface area contributed by atoms with E-state index in [4.69, 9.17) is 9.73 Å². The number of nitrogens with one attached hydrogen (secondary N) is 2. The summed E-state index contributed by atoms with van der Waals surface area (Å²) in [6.45, 7) is 6.31. The Hall–Kier alpha value is -2.41. The molecule has 7 heteroatoms. The van der Waals surface area contributed by atoms with Crippen LogP contribution in [0.5, 0.6) is 0 Å². The predicted octanol–water partition coefficient (Wildman–Crippen LogP) is 3.52. The van der Waals surface area contributed by atoms with Crippen molar-refractivity contribution >= 4 is 5.96 Å². The molecule has 1 aliphatic rings. The zero-order valence-corrected chi connectivity index (χ0v) is 18.8. The molecule has 1 aliphatic carbocycles. The Morgan fingerprint density at radius 1 is 1.23 bits per heavy atom. The number of aliphatic imine (C=N–C) groups is 1. The number of guanidine groups is 1.